The molecule has 1 saturated heterocycles. The second kappa shape index (κ2) is 11.1. The van der Waals surface area contributed by atoms with Gasteiger partial charge >= 0.3 is 6.09 Å². The Hall–Kier alpha value is -2.48. The number of amides is 3. The fraction of sp³-hybridized carbons (Fsp3) is 0.571. The largest absolute Gasteiger partial charge is 0.484 e. The van der Waals surface area contributed by atoms with Crippen LogP contribution in [0.15, 0.2) is 24.3 Å². The number of benzene rings is 1. The minimum atomic E-state index is -0.572. The normalized spacial score (nSPS) is 14.7. The Morgan fingerprint density at radius 1 is 1.13 bits per heavy atom. The molecule has 1 aromatic rings. The summed E-state index contributed by atoms with van der Waals surface area (Å²) in [6.45, 7) is 6.63. The summed E-state index contributed by atoms with van der Waals surface area (Å²) in [6.07, 6.45) is 0.992. The highest BCUT2D eigenvalue weighted by Crippen LogP contribution is 2.16. The number of likely N-dealkylation sites (tertiary alicyclic amines) is 1. The van der Waals surface area contributed by atoms with Crippen LogP contribution in [0, 0.1) is 0 Å². The zero-order valence-corrected chi connectivity index (χ0v) is 18.5. The predicted molar refractivity (Wildman–Crippen MR) is 114 cm³/mol. The fourth-order valence-electron chi connectivity index (χ4n) is 2.93. The summed E-state index contributed by atoms with van der Waals surface area (Å²) in [5.41, 5.74) is -0.572. The summed E-state index contributed by atoms with van der Waals surface area (Å²) in [4.78, 5) is 37.7. The van der Waals surface area contributed by atoms with Crippen LogP contribution in [0.2, 0.25) is 5.02 Å². The zero-order valence-electron chi connectivity index (χ0n) is 17.7. The Balaban J connectivity index is 1.61. The lowest BCUT2D eigenvalue weighted by atomic mass is 10.0. The molecule has 1 aliphatic heterocycles. The van der Waals surface area contributed by atoms with Crippen molar-refractivity contribution in [3.05, 3.63) is 29.3 Å². The van der Waals surface area contributed by atoms with E-state index in [1.807, 2.05) is 0 Å². The Kier molecular flexibility index (Phi) is 8.77. The van der Waals surface area contributed by atoms with Gasteiger partial charge in [0, 0.05) is 37.1 Å². The maximum absolute atomic E-state index is 12.3. The lowest BCUT2D eigenvalue weighted by molar-refractivity contribution is -0.134. The molecule has 166 valence electrons. The lowest BCUT2D eigenvalue weighted by Gasteiger charge is -2.32. The topological polar surface area (TPSA) is 97.0 Å². The molecule has 0 spiro atoms. The quantitative estimate of drug-likeness (QED) is 0.680. The standard InChI is InChI=1S/C21H30ClN3O5/c1-21(2,3)30-20(28)23-11-8-18(26)24-16-9-12-25(13-10-16)19(27)14-29-17-6-4-15(22)5-7-17/h4-7,16H,8-14H2,1-3H3,(H,23,28)(H,24,26). The lowest BCUT2D eigenvalue weighted by Crippen LogP contribution is -2.48. The average molecular weight is 440 g/mol. The third kappa shape index (κ3) is 8.90. The van der Waals surface area contributed by atoms with Crippen LogP contribution in [-0.2, 0) is 14.3 Å². The Morgan fingerprint density at radius 3 is 2.37 bits per heavy atom. The van der Waals surface area contributed by atoms with Gasteiger partial charge in [0.2, 0.25) is 5.91 Å². The molecular weight excluding hydrogens is 410 g/mol. The monoisotopic (exact) mass is 439 g/mol. The minimum absolute atomic E-state index is 0.0141. The number of piperidine rings is 1. The molecule has 0 atom stereocenters. The zero-order chi connectivity index (χ0) is 22.1. The second-order valence-electron chi connectivity index (χ2n) is 8.14. The Bertz CT molecular complexity index is 725. The van der Waals surface area contributed by atoms with Crippen molar-refractivity contribution in [3.8, 4) is 5.75 Å². The van der Waals surface area contributed by atoms with Crippen LogP contribution in [0.1, 0.15) is 40.0 Å². The van der Waals surface area contributed by atoms with E-state index in [1.54, 1.807) is 49.9 Å². The number of nitrogens with zero attached hydrogens (tertiary/aromatic N) is 1. The molecule has 1 aliphatic rings. The number of nitrogens with one attached hydrogen (secondary N) is 2. The number of carbonyl (C=O) groups is 3. The van der Waals surface area contributed by atoms with Crippen molar-refractivity contribution >= 4 is 29.5 Å². The van der Waals surface area contributed by atoms with Crippen LogP contribution < -0.4 is 15.4 Å². The van der Waals surface area contributed by atoms with Gasteiger partial charge in [-0.3, -0.25) is 9.59 Å². The van der Waals surface area contributed by atoms with E-state index in [0.717, 1.165) is 0 Å². The first kappa shape index (κ1) is 23.8. The molecule has 30 heavy (non-hydrogen) atoms. The van der Waals surface area contributed by atoms with Crippen molar-refractivity contribution in [1.82, 2.24) is 15.5 Å². The van der Waals surface area contributed by atoms with Crippen molar-refractivity contribution in [1.29, 1.82) is 0 Å². The van der Waals surface area contributed by atoms with E-state index in [4.69, 9.17) is 21.1 Å². The van der Waals surface area contributed by atoms with E-state index in [0.29, 0.717) is 36.7 Å². The SMILES string of the molecule is CC(C)(C)OC(=O)NCCC(=O)NC1CCN(C(=O)COc2ccc(Cl)cc2)CC1. The molecule has 1 fully saturated rings. The van der Waals surface area contributed by atoms with Crippen molar-refractivity contribution < 1.29 is 23.9 Å². The van der Waals surface area contributed by atoms with Crippen LogP contribution >= 0.6 is 11.6 Å². The van der Waals surface area contributed by atoms with E-state index in [-0.39, 0.29) is 37.4 Å². The smallest absolute Gasteiger partial charge is 0.407 e. The van der Waals surface area contributed by atoms with Gasteiger partial charge in [-0.05, 0) is 57.9 Å². The molecule has 3 amide bonds. The number of halogens is 1. The van der Waals surface area contributed by atoms with Crippen molar-refractivity contribution in [2.24, 2.45) is 0 Å². The van der Waals surface area contributed by atoms with Crippen molar-refractivity contribution in [2.75, 3.05) is 26.2 Å². The highest BCUT2D eigenvalue weighted by Gasteiger charge is 2.24. The summed E-state index contributed by atoms with van der Waals surface area (Å²) in [5, 5.41) is 6.12. The maximum atomic E-state index is 12.3. The van der Waals surface area contributed by atoms with Gasteiger partial charge < -0.3 is 25.0 Å². The molecule has 0 aromatic heterocycles. The van der Waals surface area contributed by atoms with Crippen LogP contribution in [0.4, 0.5) is 4.79 Å². The van der Waals surface area contributed by atoms with Crippen LogP contribution in [0.3, 0.4) is 0 Å². The van der Waals surface area contributed by atoms with E-state index < -0.39 is 11.7 Å². The molecule has 8 nitrogen and oxygen atoms in total. The van der Waals surface area contributed by atoms with Crippen molar-refractivity contribution in [2.45, 2.75) is 51.7 Å². The highest BCUT2D eigenvalue weighted by atomic mass is 35.5. The number of ether oxygens (including phenoxy) is 2. The van der Waals surface area contributed by atoms with Gasteiger partial charge in [0.25, 0.3) is 5.91 Å². The van der Waals surface area contributed by atoms with Gasteiger partial charge in [0.1, 0.15) is 11.4 Å². The van der Waals surface area contributed by atoms with E-state index in [1.165, 1.54) is 0 Å². The molecule has 9 heteroatoms. The Labute approximate surface area is 182 Å². The van der Waals surface area contributed by atoms with Gasteiger partial charge in [-0.2, -0.15) is 0 Å². The average Bonchev–Trinajstić information content (AvgIpc) is 2.66. The van der Waals surface area contributed by atoms with Crippen LogP contribution in [0.25, 0.3) is 0 Å². The minimum Gasteiger partial charge on any atom is -0.484 e. The van der Waals surface area contributed by atoms with Gasteiger partial charge in [0.15, 0.2) is 6.61 Å². The summed E-state index contributed by atoms with van der Waals surface area (Å²) in [7, 11) is 0. The fourth-order valence-corrected chi connectivity index (χ4v) is 3.06. The molecule has 0 aliphatic carbocycles. The first-order valence-corrected chi connectivity index (χ1v) is 10.4. The van der Waals surface area contributed by atoms with Gasteiger partial charge in [-0.1, -0.05) is 11.6 Å². The van der Waals surface area contributed by atoms with Crippen LogP contribution in [0.5, 0.6) is 5.75 Å². The molecule has 1 aromatic carbocycles. The predicted octanol–water partition coefficient (Wildman–Crippen LogP) is 2.74. The Morgan fingerprint density at radius 2 is 1.77 bits per heavy atom. The number of hydrogen-bond donors (Lipinski definition) is 2. The molecule has 0 radical (unpaired) electrons. The van der Waals surface area contributed by atoms with Gasteiger partial charge in [-0.15, -0.1) is 0 Å². The summed E-state index contributed by atoms with van der Waals surface area (Å²) < 4.78 is 10.6. The van der Waals surface area contributed by atoms with Crippen LogP contribution in [-0.4, -0.2) is 60.7 Å². The maximum Gasteiger partial charge on any atom is 0.407 e. The molecule has 2 N–H and O–H groups in total. The molecule has 0 unspecified atom stereocenters. The number of alkyl carbamates (subject to hydrolysis) is 1. The van der Waals surface area contributed by atoms with Gasteiger partial charge in [0.05, 0.1) is 0 Å². The highest BCUT2D eigenvalue weighted by molar-refractivity contribution is 6.30. The molecular formula is C21H30ClN3O5. The summed E-state index contributed by atoms with van der Waals surface area (Å²) >= 11 is 5.83. The third-order valence-corrected chi connectivity index (χ3v) is 4.66. The van der Waals surface area contributed by atoms with E-state index >= 15 is 0 Å². The first-order chi connectivity index (χ1) is 14.1. The van der Waals surface area contributed by atoms with E-state index in [2.05, 4.69) is 10.6 Å². The number of rotatable bonds is 7. The summed E-state index contributed by atoms with van der Waals surface area (Å²) in [6, 6.07) is 6.86. The first-order valence-electron chi connectivity index (χ1n) is 10.0. The molecule has 0 saturated carbocycles. The second-order valence-corrected chi connectivity index (χ2v) is 8.58. The number of carbonyl (C=O) groups excluding carboxylic acids is 3. The molecule has 1 heterocycles. The number of hydrogen-bond acceptors (Lipinski definition) is 5. The molecule has 2 rings (SSSR count). The third-order valence-electron chi connectivity index (χ3n) is 4.41. The van der Waals surface area contributed by atoms with Crippen molar-refractivity contribution in [3.63, 3.8) is 0 Å². The molecule has 0 bridgehead atoms. The van der Waals surface area contributed by atoms with E-state index in [9.17, 15) is 14.4 Å². The summed E-state index contributed by atoms with van der Waals surface area (Å²) in [5.74, 6) is 0.369. The van der Waals surface area contributed by atoms with Gasteiger partial charge in [-0.25, -0.2) is 4.79 Å².